The van der Waals surface area contributed by atoms with Crippen molar-refractivity contribution in [1.29, 1.82) is 0 Å². The topological polar surface area (TPSA) is 47.6 Å². The Morgan fingerprint density at radius 1 is 1.13 bits per heavy atom. The molecule has 0 saturated carbocycles. The first kappa shape index (κ1) is 22.3. The highest BCUT2D eigenvalue weighted by atomic mass is 35.5. The number of ether oxygens (including phenoxy) is 2. The summed E-state index contributed by atoms with van der Waals surface area (Å²) in [7, 11) is 1.36. The molecule has 0 unspecified atom stereocenters. The van der Waals surface area contributed by atoms with Gasteiger partial charge in [0.25, 0.3) is 0 Å². The van der Waals surface area contributed by atoms with Crippen molar-refractivity contribution in [2.75, 3.05) is 12.4 Å². The summed E-state index contributed by atoms with van der Waals surface area (Å²) in [5, 5.41) is 3.79. The molecule has 0 radical (unpaired) electrons. The first-order valence-corrected chi connectivity index (χ1v) is 11.0. The van der Waals surface area contributed by atoms with Crippen LogP contribution in [0.4, 0.5) is 5.00 Å². The third-order valence-corrected chi connectivity index (χ3v) is 5.95. The number of rotatable bonds is 7. The van der Waals surface area contributed by atoms with E-state index in [-0.39, 0.29) is 5.92 Å². The minimum Gasteiger partial charge on any atom is -0.465 e. The molecular weight excluding hydrogens is 438 g/mol. The first-order chi connectivity index (χ1) is 14.4. The maximum atomic E-state index is 12.4. The molecule has 3 aromatic rings. The van der Waals surface area contributed by atoms with Crippen molar-refractivity contribution in [1.82, 2.24) is 0 Å². The van der Waals surface area contributed by atoms with E-state index in [2.05, 4.69) is 5.32 Å². The lowest BCUT2D eigenvalue weighted by molar-refractivity contribution is 0.0601. The molecule has 1 heterocycles. The SMILES string of the molecule is COC(=O)c1c(NC(=S)Cc2cccc(Oc3ccccc3)c2)sc(Cl)c1C(C)C. The number of hydrogen-bond acceptors (Lipinski definition) is 5. The summed E-state index contributed by atoms with van der Waals surface area (Å²) in [5.74, 6) is 1.16. The van der Waals surface area contributed by atoms with Gasteiger partial charge in [0.2, 0.25) is 0 Å². The summed E-state index contributed by atoms with van der Waals surface area (Å²) in [6, 6.07) is 17.4. The second-order valence-corrected chi connectivity index (χ2v) is 9.04. The molecule has 30 heavy (non-hydrogen) atoms. The molecule has 3 rings (SSSR count). The monoisotopic (exact) mass is 459 g/mol. The van der Waals surface area contributed by atoms with E-state index in [1.165, 1.54) is 18.4 Å². The van der Waals surface area contributed by atoms with Crippen molar-refractivity contribution < 1.29 is 14.3 Å². The van der Waals surface area contributed by atoms with Crippen LogP contribution in [-0.4, -0.2) is 18.1 Å². The average Bonchev–Trinajstić information content (AvgIpc) is 3.04. The quantitative estimate of drug-likeness (QED) is 0.302. The summed E-state index contributed by atoms with van der Waals surface area (Å²) in [4.78, 5) is 12.9. The van der Waals surface area contributed by atoms with Crippen molar-refractivity contribution in [3.63, 3.8) is 0 Å². The van der Waals surface area contributed by atoms with Gasteiger partial charge in [-0.2, -0.15) is 0 Å². The summed E-state index contributed by atoms with van der Waals surface area (Å²) >= 11 is 13.2. The van der Waals surface area contributed by atoms with Crippen LogP contribution in [0.1, 0.15) is 41.3 Å². The van der Waals surface area contributed by atoms with Gasteiger partial charge in [-0.05, 0) is 35.7 Å². The van der Waals surface area contributed by atoms with E-state index >= 15 is 0 Å². The number of anilines is 1. The van der Waals surface area contributed by atoms with Gasteiger partial charge in [-0.3, -0.25) is 0 Å². The molecule has 4 nitrogen and oxygen atoms in total. The van der Waals surface area contributed by atoms with Gasteiger partial charge >= 0.3 is 5.97 Å². The molecule has 156 valence electrons. The molecule has 0 bridgehead atoms. The Labute approximate surface area is 190 Å². The van der Waals surface area contributed by atoms with E-state index in [0.717, 1.165) is 22.6 Å². The highest BCUT2D eigenvalue weighted by molar-refractivity contribution is 7.80. The van der Waals surface area contributed by atoms with Crippen LogP contribution in [0, 0.1) is 0 Å². The predicted octanol–water partition coefficient (Wildman–Crippen LogP) is 7.09. The fraction of sp³-hybridized carbons (Fsp3) is 0.217. The Morgan fingerprint density at radius 3 is 2.50 bits per heavy atom. The number of benzene rings is 2. The number of carbonyl (C=O) groups is 1. The summed E-state index contributed by atoms with van der Waals surface area (Å²) in [6.45, 7) is 3.97. The summed E-state index contributed by atoms with van der Waals surface area (Å²) in [5.41, 5.74) is 2.22. The lowest BCUT2D eigenvalue weighted by Crippen LogP contribution is -2.15. The first-order valence-electron chi connectivity index (χ1n) is 9.41. The number of halogens is 1. The Hall–Kier alpha value is -2.41. The third-order valence-electron chi connectivity index (χ3n) is 4.36. The van der Waals surface area contributed by atoms with Gasteiger partial charge in [-0.15, -0.1) is 11.3 Å². The van der Waals surface area contributed by atoms with Crippen LogP contribution in [0.3, 0.4) is 0 Å². The number of methoxy groups -OCH3 is 1. The molecule has 0 amide bonds. The van der Waals surface area contributed by atoms with Gasteiger partial charge in [-0.25, -0.2) is 4.79 Å². The van der Waals surface area contributed by atoms with Gasteiger partial charge in [-0.1, -0.05) is 68.0 Å². The van der Waals surface area contributed by atoms with Crippen LogP contribution < -0.4 is 10.1 Å². The number of esters is 1. The van der Waals surface area contributed by atoms with E-state index in [0.29, 0.717) is 26.3 Å². The zero-order valence-corrected chi connectivity index (χ0v) is 19.3. The largest absolute Gasteiger partial charge is 0.465 e. The average molecular weight is 460 g/mol. The molecule has 0 atom stereocenters. The number of para-hydroxylation sites is 1. The van der Waals surface area contributed by atoms with Crippen molar-refractivity contribution in [3.8, 4) is 11.5 Å². The maximum absolute atomic E-state index is 12.4. The molecule has 7 heteroatoms. The van der Waals surface area contributed by atoms with Crippen LogP contribution in [0.15, 0.2) is 54.6 Å². The number of nitrogens with one attached hydrogen (secondary N) is 1. The molecular formula is C23H22ClNO3S2. The zero-order valence-electron chi connectivity index (χ0n) is 16.9. The van der Waals surface area contributed by atoms with E-state index in [1.54, 1.807) is 0 Å². The lowest BCUT2D eigenvalue weighted by atomic mass is 10.0. The van der Waals surface area contributed by atoms with Gasteiger partial charge in [0.1, 0.15) is 16.5 Å². The molecule has 1 N–H and O–H groups in total. The van der Waals surface area contributed by atoms with Gasteiger partial charge in [0, 0.05) is 12.0 Å². The normalized spacial score (nSPS) is 10.7. The van der Waals surface area contributed by atoms with Gasteiger partial charge < -0.3 is 14.8 Å². The van der Waals surface area contributed by atoms with Crippen LogP contribution in [0.5, 0.6) is 11.5 Å². The molecule has 2 aromatic carbocycles. The van der Waals surface area contributed by atoms with E-state index < -0.39 is 5.97 Å². The minimum absolute atomic E-state index is 0.0822. The Bertz CT molecular complexity index is 1050. The number of thiocarbonyl (C=S) groups is 1. The third kappa shape index (κ3) is 5.39. The summed E-state index contributed by atoms with van der Waals surface area (Å²) in [6.07, 6.45) is 0.495. The number of carbonyl (C=O) groups excluding carboxylic acids is 1. The second kappa shape index (κ2) is 10.1. The second-order valence-electron chi connectivity index (χ2n) is 6.93. The molecule has 0 aliphatic rings. The Kier molecular flexibility index (Phi) is 7.48. The smallest absolute Gasteiger partial charge is 0.341 e. The number of hydrogen-bond donors (Lipinski definition) is 1. The van der Waals surface area contributed by atoms with Crippen LogP contribution in [0.2, 0.25) is 4.34 Å². The zero-order chi connectivity index (χ0) is 21.7. The van der Waals surface area contributed by atoms with Crippen molar-refractivity contribution in [2.45, 2.75) is 26.2 Å². The molecule has 0 spiro atoms. The van der Waals surface area contributed by atoms with Crippen molar-refractivity contribution in [3.05, 3.63) is 75.6 Å². The Morgan fingerprint density at radius 2 is 1.83 bits per heavy atom. The predicted molar refractivity (Wildman–Crippen MR) is 128 cm³/mol. The van der Waals surface area contributed by atoms with Gasteiger partial charge in [0.05, 0.1) is 22.0 Å². The Balaban J connectivity index is 1.76. The van der Waals surface area contributed by atoms with E-state index in [4.69, 9.17) is 33.3 Å². The highest BCUT2D eigenvalue weighted by Gasteiger charge is 2.26. The van der Waals surface area contributed by atoms with Crippen molar-refractivity contribution in [2.24, 2.45) is 0 Å². The standard InChI is InChI=1S/C23H22ClNO3S2/c1-14(2)19-20(23(26)27-3)22(30-21(19)24)25-18(29)13-15-8-7-11-17(12-15)28-16-9-5-4-6-10-16/h4-12,14H,13H2,1-3H3,(H,25,29). The van der Waals surface area contributed by atoms with Crippen LogP contribution in [0.25, 0.3) is 0 Å². The fourth-order valence-corrected chi connectivity index (χ4v) is 5.00. The molecule has 0 aliphatic carbocycles. The van der Waals surface area contributed by atoms with Crippen LogP contribution in [-0.2, 0) is 11.2 Å². The lowest BCUT2D eigenvalue weighted by Gasteiger charge is -2.11. The van der Waals surface area contributed by atoms with E-state index in [1.807, 2.05) is 68.4 Å². The molecule has 0 saturated heterocycles. The fourth-order valence-electron chi connectivity index (χ4n) is 3.02. The summed E-state index contributed by atoms with van der Waals surface area (Å²) < 4.78 is 11.4. The number of thiophene rings is 1. The van der Waals surface area contributed by atoms with E-state index in [9.17, 15) is 4.79 Å². The molecule has 0 aliphatic heterocycles. The maximum Gasteiger partial charge on any atom is 0.341 e. The van der Waals surface area contributed by atoms with Gasteiger partial charge in [0.15, 0.2) is 0 Å². The van der Waals surface area contributed by atoms with Crippen molar-refractivity contribution >= 4 is 51.1 Å². The van der Waals surface area contributed by atoms with Crippen LogP contribution >= 0.6 is 35.2 Å². The molecule has 1 aromatic heterocycles. The minimum atomic E-state index is -0.426. The molecule has 0 fully saturated rings. The highest BCUT2D eigenvalue weighted by Crippen LogP contribution is 2.41.